The van der Waals surface area contributed by atoms with Gasteiger partial charge in [0, 0.05) is 31.7 Å². The minimum atomic E-state index is -0.966. The third kappa shape index (κ3) is 5.05. The zero-order chi connectivity index (χ0) is 18.6. The smallest absolute Gasteiger partial charge is 0.222 e. The molecule has 2 aliphatic rings. The lowest BCUT2D eigenvalue weighted by Gasteiger charge is -2.34. The summed E-state index contributed by atoms with van der Waals surface area (Å²) in [6, 6.07) is 2.05. The van der Waals surface area contributed by atoms with E-state index >= 15 is 0 Å². The van der Waals surface area contributed by atoms with Crippen LogP contribution in [0.1, 0.15) is 37.1 Å². The summed E-state index contributed by atoms with van der Waals surface area (Å²) in [5, 5.41) is 15.4. The van der Waals surface area contributed by atoms with Gasteiger partial charge in [-0.1, -0.05) is 0 Å². The number of nitrogens with zero attached hydrogens (tertiary/aromatic N) is 4. The number of aromatic nitrogens is 2. The van der Waals surface area contributed by atoms with Gasteiger partial charge in [-0.25, -0.2) is 0 Å². The first kappa shape index (κ1) is 19.3. The van der Waals surface area contributed by atoms with Gasteiger partial charge in [-0.2, -0.15) is 5.10 Å². The standard InChI is InChI=1S/C19H32N4O3/c1-16-12-17(2)23(20-16)9-5-6-18(24)22-10-11-26-15-19(25,14-22)13-21-7-3-4-8-21/h12,25H,3-11,13-15H2,1-2H3/t19-/m0/s1. The first-order valence-electron chi connectivity index (χ1n) is 9.76. The van der Waals surface area contributed by atoms with Crippen molar-refractivity contribution in [1.29, 1.82) is 0 Å². The van der Waals surface area contributed by atoms with Crippen molar-refractivity contribution in [3.63, 3.8) is 0 Å². The quantitative estimate of drug-likeness (QED) is 0.814. The lowest BCUT2D eigenvalue weighted by atomic mass is 10.0. The minimum absolute atomic E-state index is 0.0943. The number of carbonyl (C=O) groups is 1. The zero-order valence-corrected chi connectivity index (χ0v) is 16.1. The van der Waals surface area contributed by atoms with Gasteiger partial charge in [0.1, 0.15) is 5.60 Å². The van der Waals surface area contributed by atoms with Crippen molar-refractivity contribution < 1.29 is 14.6 Å². The van der Waals surface area contributed by atoms with Crippen LogP contribution in [-0.4, -0.2) is 82.1 Å². The van der Waals surface area contributed by atoms with E-state index in [0.717, 1.165) is 37.4 Å². The molecule has 3 rings (SSSR count). The number of likely N-dealkylation sites (tertiary alicyclic amines) is 1. The van der Waals surface area contributed by atoms with E-state index in [-0.39, 0.29) is 5.91 Å². The number of β-amino-alcohol motifs (C(OH)–C–C–N with tert-alkyl or cyclic N) is 1. The van der Waals surface area contributed by atoms with Gasteiger partial charge < -0.3 is 19.6 Å². The summed E-state index contributed by atoms with van der Waals surface area (Å²) in [6.07, 6.45) is 3.60. The Hall–Kier alpha value is -1.44. The van der Waals surface area contributed by atoms with Crippen LogP contribution in [0.3, 0.4) is 0 Å². The molecular weight excluding hydrogens is 332 g/mol. The molecule has 0 spiro atoms. The number of carbonyl (C=O) groups excluding carboxylic acids is 1. The molecule has 0 saturated carbocycles. The summed E-state index contributed by atoms with van der Waals surface area (Å²) in [4.78, 5) is 16.7. The maximum atomic E-state index is 12.7. The maximum Gasteiger partial charge on any atom is 0.222 e. The maximum absolute atomic E-state index is 12.7. The predicted octanol–water partition coefficient (Wildman–Crippen LogP) is 0.966. The number of aryl methyl sites for hydroxylation is 3. The second-order valence-corrected chi connectivity index (χ2v) is 7.83. The molecule has 0 unspecified atom stereocenters. The zero-order valence-electron chi connectivity index (χ0n) is 16.1. The summed E-state index contributed by atoms with van der Waals surface area (Å²) >= 11 is 0. The van der Waals surface area contributed by atoms with Gasteiger partial charge in [0.15, 0.2) is 0 Å². The molecule has 0 aliphatic carbocycles. The molecule has 1 aromatic rings. The van der Waals surface area contributed by atoms with E-state index in [1.54, 1.807) is 4.90 Å². The second kappa shape index (κ2) is 8.50. The van der Waals surface area contributed by atoms with Crippen LogP contribution in [0.5, 0.6) is 0 Å². The first-order chi connectivity index (χ1) is 12.5. The van der Waals surface area contributed by atoms with Gasteiger partial charge in [0.2, 0.25) is 5.91 Å². The van der Waals surface area contributed by atoms with Crippen LogP contribution in [0.25, 0.3) is 0 Å². The average molecular weight is 364 g/mol. The molecule has 1 atom stereocenters. The molecule has 1 aromatic heterocycles. The predicted molar refractivity (Wildman–Crippen MR) is 99.0 cm³/mol. The van der Waals surface area contributed by atoms with Crippen LogP contribution < -0.4 is 0 Å². The highest BCUT2D eigenvalue weighted by Crippen LogP contribution is 2.18. The molecule has 2 saturated heterocycles. The van der Waals surface area contributed by atoms with Gasteiger partial charge in [0.25, 0.3) is 0 Å². The van der Waals surface area contributed by atoms with E-state index < -0.39 is 5.60 Å². The molecule has 2 aliphatic heterocycles. The van der Waals surface area contributed by atoms with Crippen LogP contribution in [0, 0.1) is 13.8 Å². The molecule has 7 nitrogen and oxygen atoms in total. The summed E-state index contributed by atoms with van der Waals surface area (Å²) in [6.45, 7) is 9.11. The third-order valence-corrected chi connectivity index (χ3v) is 5.29. The number of aliphatic hydroxyl groups is 1. The topological polar surface area (TPSA) is 70.8 Å². The lowest BCUT2D eigenvalue weighted by molar-refractivity contribution is -0.134. The van der Waals surface area contributed by atoms with Crippen molar-refractivity contribution in [2.24, 2.45) is 0 Å². The molecule has 146 valence electrons. The summed E-state index contributed by atoms with van der Waals surface area (Å²) in [5.74, 6) is 0.0943. The Bertz CT molecular complexity index is 612. The van der Waals surface area contributed by atoms with Crippen molar-refractivity contribution in [2.75, 3.05) is 45.9 Å². The number of hydrogen-bond donors (Lipinski definition) is 1. The Morgan fingerprint density at radius 3 is 2.77 bits per heavy atom. The van der Waals surface area contributed by atoms with Crippen molar-refractivity contribution in [3.8, 4) is 0 Å². The van der Waals surface area contributed by atoms with Crippen LogP contribution in [0.2, 0.25) is 0 Å². The van der Waals surface area contributed by atoms with E-state index in [2.05, 4.69) is 10.00 Å². The van der Waals surface area contributed by atoms with E-state index in [0.29, 0.717) is 39.3 Å². The molecular formula is C19H32N4O3. The number of hydrogen-bond acceptors (Lipinski definition) is 5. The Kier molecular flexibility index (Phi) is 6.32. The average Bonchev–Trinajstić information content (AvgIpc) is 3.14. The van der Waals surface area contributed by atoms with E-state index in [9.17, 15) is 9.90 Å². The highest BCUT2D eigenvalue weighted by Gasteiger charge is 2.36. The van der Waals surface area contributed by atoms with Crippen LogP contribution in [0.4, 0.5) is 0 Å². The largest absolute Gasteiger partial charge is 0.384 e. The Labute approximate surface area is 155 Å². The Morgan fingerprint density at radius 2 is 2.08 bits per heavy atom. The fourth-order valence-electron chi connectivity index (χ4n) is 4.02. The minimum Gasteiger partial charge on any atom is -0.384 e. The van der Waals surface area contributed by atoms with Crippen molar-refractivity contribution in [1.82, 2.24) is 19.6 Å². The molecule has 26 heavy (non-hydrogen) atoms. The highest BCUT2D eigenvalue weighted by molar-refractivity contribution is 5.76. The lowest BCUT2D eigenvalue weighted by Crippen LogP contribution is -2.53. The van der Waals surface area contributed by atoms with Crippen LogP contribution >= 0.6 is 0 Å². The van der Waals surface area contributed by atoms with Crippen molar-refractivity contribution >= 4 is 5.91 Å². The molecule has 2 fully saturated rings. The Balaban J connectivity index is 1.51. The van der Waals surface area contributed by atoms with E-state index in [4.69, 9.17) is 4.74 Å². The molecule has 1 amide bonds. The van der Waals surface area contributed by atoms with Crippen molar-refractivity contribution in [2.45, 2.75) is 51.7 Å². The Morgan fingerprint density at radius 1 is 1.31 bits per heavy atom. The summed E-state index contributed by atoms with van der Waals surface area (Å²) < 4.78 is 7.56. The second-order valence-electron chi connectivity index (χ2n) is 7.83. The third-order valence-electron chi connectivity index (χ3n) is 5.29. The summed E-state index contributed by atoms with van der Waals surface area (Å²) in [7, 11) is 0. The normalized spacial score (nSPS) is 24.8. The van der Waals surface area contributed by atoms with Crippen molar-refractivity contribution in [3.05, 3.63) is 17.5 Å². The number of rotatable bonds is 6. The SMILES string of the molecule is Cc1cc(C)n(CCCC(=O)N2CCOC[C@](O)(CN3CCCC3)C2)n1. The monoisotopic (exact) mass is 364 g/mol. The highest BCUT2D eigenvalue weighted by atomic mass is 16.5. The van der Waals surface area contributed by atoms with Gasteiger partial charge >= 0.3 is 0 Å². The fourth-order valence-corrected chi connectivity index (χ4v) is 4.02. The number of amides is 1. The van der Waals surface area contributed by atoms with Crippen LogP contribution in [-0.2, 0) is 16.1 Å². The van der Waals surface area contributed by atoms with Gasteiger partial charge in [-0.15, -0.1) is 0 Å². The fraction of sp³-hybridized carbons (Fsp3) is 0.789. The summed E-state index contributed by atoms with van der Waals surface area (Å²) in [5.41, 5.74) is 1.16. The van der Waals surface area contributed by atoms with Gasteiger partial charge in [-0.05, 0) is 52.3 Å². The van der Waals surface area contributed by atoms with Gasteiger partial charge in [-0.3, -0.25) is 9.48 Å². The first-order valence-corrected chi connectivity index (χ1v) is 9.76. The van der Waals surface area contributed by atoms with Gasteiger partial charge in [0.05, 0.1) is 25.5 Å². The number of ether oxygens (including phenoxy) is 1. The van der Waals surface area contributed by atoms with Crippen LogP contribution in [0.15, 0.2) is 6.07 Å². The molecule has 1 N–H and O–H groups in total. The molecule has 0 aromatic carbocycles. The molecule has 7 heteroatoms. The molecule has 3 heterocycles. The van der Waals surface area contributed by atoms with E-state index in [1.165, 1.54) is 12.8 Å². The molecule has 0 radical (unpaired) electrons. The van der Waals surface area contributed by atoms with E-state index in [1.807, 2.05) is 24.6 Å². The molecule has 0 bridgehead atoms.